The maximum atomic E-state index is 16.2. The minimum Gasteiger partial charge on any atom is -0.495 e. The summed E-state index contributed by atoms with van der Waals surface area (Å²) in [5, 5.41) is 0.802. The van der Waals surface area contributed by atoms with Crippen LogP contribution in [0.1, 0.15) is 82.8 Å². The number of H-pyrrole nitrogens is 1. The number of rotatable bonds is 6. The van der Waals surface area contributed by atoms with Crippen LogP contribution in [-0.2, 0) is 10.5 Å². The number of halogens is 1. The monoisotopic (exact) mass is 413 g/mol. The number of amides is 1. The minimum atomic E-state index is -1.77. The predicted octanol–water partition coefficient (Wildman–Crippen LogP) is 5.20. The average Bonchev–Trinajstić information content (AvgIpc) is 3.42. The van der Waals surface area contributed by atoms with Crippen LogP contribution in [0.4, 0.5) is 4.39 Å². The third-order valence-electron chi connectivity index (χ3n) is 7.69. The number of carbonyl (C=O) groups excluding carboxylic acids is 1. The van der Waals surface area contributed by atoms with Crippen molar-refractivity contribution in [2.45, 2.75) is 89.4 Å². The van der Waals surface area contributed by atoms with E-state index < -0.39 is 5.67 Å². The highest BCUT2D eigenvalue weighted by Gasteiger charge is 2.53. The van der Waals surface area contributed by atoms with Crippen molar-refractivity contribution in [2.24, 2.45) is 5.41 Å². The lowest BCUT2D eigenvalue weighted by Gasteiger charge is -2.60. The summed E-state index contributed by atoms with van der Waals surface area (Å²) in [6.07, 6.45) is 9.51. The van der Waals surface area contributed by atoms with Gasteiger partial charge in [0.2, 0.25) is 5.91 Å². The zero-order valence-electron chi connectivity index (χ0n) is 18.4. The molecule has 2 atom stereocenters. The molecule has 0 spiro atoms. The Kier molecular flexibility index (Phi) is 4.42. The molecule has 5 nitrogen and oxygen atoms in total. The van der Waals surface area contributed by atoms with Gasteiger partial charge in [0.25, 0.3) is 0 Å². The van der Waals surface area contributed by atoms with Crippen molar-refractivity contribution in [2.75, 3.05) is 7.11 Å². The number of carbonyl (C=O) groups is 1. The molecule has 6 heteroatoms. The van der Waals surface area contributed by atoms with E-state index in [9.17, 15) is 4.79 Å². The lowest BCUT2D eigenvalue weighted by molar-refractivity contribution is -0.158. The van der Waals surface area contributed by atoms with Crippen LogP contribution in [0.25, 0.3) is 11.0 Å². The lowest BCUT2D eigenvalue weighted by atomic mass is 9.59. The van der Waals surface area contributed by atoms with E-state index in [1.807, 2.05) is 4.90 Å². The second kappa shape index (κ2) is 6.69. The summed E-state index contributed by atoms with van der Waals surface area (Å²) in [6.45, 7) is 5.99. The summed E-state index contributed by atoms with van der Waals surface area (Å²) in [5.74, 6) is 1.03. The number of hydrogen-bond donors (Lipinski definition) is 1. The van der Waals surface area contributed by atoms with Crippen molar-refractivity contribution in [1.29, 1.82) is 0 Å². The van der Waals surface area contributed by atoms with Crippen molar-refractivity contribution in [3.8, 4) is 5.75 Å². The molecule has 1 amide bonds. The number of methoxy groups -OCH3 is 1. The Morgan fingerprint density at radius 3 is 2.77 bits per heavy atom. The first-order valence-corrected chi connectivity index (χ1v) is 11.3. The van der Waals surface area contributed by atoms with Crippen molar-refractivity contribution in [3.63, 3.8) is 0 Å². The fourth-order valence-corrected chi connectivity index (χ4v) is 6.08. The lowest BCUT2D eigenvalue weighted by Crippen LogP contribution is -2.63. The number of piperidine rings is 2. The first kappa shape index (κ1) is 19.8. The molecule has 4 aliphatic rings. The summed E-state index contributed by atoms with van der Waals surface area (Å²) in [7, 11) is 1.63. The van der Waals surface area contributed by atoms with E-state index in [1.54, 1.807) is 26.4 Å². The molecule has 4 heterocycles. The molecule has 4 fully saturated rings. The van der Waals surface area contributed by atoms with Gasteiger partial charge < -0.3 is 14.6 Å². The summed E-state index contributed by atoms with van der Waals surface area (Å²) in [4.78, 5) is 22.9. The van der Waals surface area contributed by atoms with Gasteiger partial charge in [0.1, 0.15) is 17.1 Å². The Morgan fingerprint density at radius 1 is 1.40 bits per heavy atom. The molecule has 2 unspecified atom stereocenters. The Hall–Kier alpha value is -2.11. The van der Waals surface area contributed by atoms with Crippen molar-refractivity contribution >= 4 is 16.9 Å². The number of hydrogen-bond acceptors (Lipinski definition) is 3. The second-order valence-electron chi connectivity index (χ2n) is 10.3. The average molecular weight is 414 g/mol. The summed E-state index contributed by atoms with van der Waals surface area (Å²) in [5.41, 5.74) is 0.843. The molecular formula is C24H32FN3O2. The first-order valence-electron chi connectivity index (χ1n) is 11.3. The van der Waals surface area contributed by atoms with Gasteiger partial charge in [-0.1, -0.05) is 13.8 Å². The fourth-order valence-electron chi connectivity index (χ4n) is 6.08. The molecule has 30 heavy (non-hydrogen) atoms. The Labute approximate surface area is 177 Å². The Balaban J connectivity index is 1.47. The largest absolute Gasteiger partial charge is 0.495 e. The number of fused-ring (bicyclic) bond motifs is 3. The van der Waals surface area contributed by atoms with Crippen LogP contribution in [-0.4, -0.2) is 40.0 Å². The van der Waals surface area contributed by atoms with Gasteiger partial charge >= 0.3 is 0 Å². The van der Waals surface area contributed by atoms with E-state index in [0.29, 0.717) is 28.3 Å². The van der Waals surface area contributed by atoms with Crippen LogP contribution in [0.5, 0.6) is 5.75 Å². The molecule has 2 aliphatic heterocycles. The topological polar surface area (TPSA) is 58.2 Å². The maximum Gasteiger partial charge on any atom is 0.226 e. The molecule has 2 aliphatic carbocycles. The summed E-state index contributed by atoms with van der Waals surface area (Å²) in [6, 6.07) is 0.515. The number of aromatic amines is 1. The molecule has 0 aromatic carbocycles. The first-order chi connectivity index (χ1) is 14.3. The van der Waals surface area contributed by atoms with Gasteiger partial charge in [0.15, 0.2) is 0 Å². The van der Waals surface area contributed by atoms with Crippen molar-refractivity contribution in [3.05, 3.63) is 23.5 Å². The van der Waals surface area contributed by atoms with E-state index in [0.717, 1.165) is 49.5 Å². The Morgan fingerprint density at radius 2 is 2.13 bits per heavy atom. The number of nitrogens with one attached hydrogen (secondary N) is 1. The van der Waals surface area contributed by atoms with Crippen LogP contribution in [0, 0.1) is 5.41 Å². The maximum absolute atomic E-state index is 16.2. The normalized spacial score (nSPS) is 30.1. The van der Waals surface area contributed by atoms with Crippen molar-refractivity contribution < 1.29 is 13.9 Å². The smallest absolute Gasteiger partial charge is 0.226 e. The van der Waals surface area contributed by atoms with Gasteiger partial charge in [0.05, 0.1) is 19.7 Å². The van der Waals surface area contributed by atoms with Gasteiger partial charge in [-0.15, -0.1) is 0 Å². The number of nitrogens with zero attached hydrogens (tertiary/aromatic N) is 2. The number of pyridine rings is 1. The van der Waals surface area contributed by atoms with E-state index in [1.165, 1.54) is 0 Å². The molecule has 2 aromatic rings. The summed E-state index contributed by atoms with van der Waals surface area (Å²) < 4.78 is 21.8. The van der Waals surface area contributed by atoms with Crippen LogP contribution in [0.3, 0.4) is 0 Å². The van der Waals surface area contributed by atoms with E-state index in [-0.39, 0.29) is 24.4 Å². The third-order valence-corrected chi connectivity index (χ3v) is 7.69. The zero-order chi connectivity index (χ0) is 21.3. The highest BCUT2D eigenvalue weighted by molar-refractivity contribution is 5.88. The van der Waals surface area contributed by atoms with E-state index in [2.05, 4.69) is 23.8 Å². The molecule has 162 valence electrons. The molecule has 2 saturated carbocycles. The minimum absolute atomic E-state index is 0.0585. The quantitative estimate of drug-likeness (QED) is 0.708. The number of alkyl halides is 1. The number of ether oxygens (including phenoxy) is 1. The van der Waals surface area contributed by atoms with Gasteiger partial charge in [-0.3, -0.25) is 4.79 Å². The molecule has 2 bridgehead atoms. The molecule has 2 aromatic heterocycles. The second-order valence-corrected chi connectivity index (χ2v) is 10.3. The highest BCUT2D eigenvalue weighted by Crippen LogP contribution is 2.54. The molecular weight excluding hydrogens is 381 g/mol. The summed E-state index contributed by atoms with van der Waals surface area (Å²) >= 11 is 0. The molecule has 2 saturated heterocycles. The van der Waals surface area contributed by atoms with Crippen molar-refractivity contribution in [1.82, 2.24) is 14.9 Å². The Bertz CT molecular complexity index is 988. The molecule has 6 rings (SSSR count). The number of aromatic nitrogens is 2. The highest BCUT2D eigenvalue weighted by atomic mass is 19.1. The SMILES string of the molecule is CCC1CC2(C)CC(C2)N1C(=O)CC(C)(F)c1c[nH]c2ncc(OC)c(C3CC3)c12. The third kappa shape index (κ3) is 3.02. The van der Waals surface area contributed by atoms with Gasteiger partial charge in [-0.25, -0.2) is 9.37 Å². The van der Waals surface area contributed by atoms with Gasteiger partial charge in [-0.2, -0.15) is 0 Å². The molecule has 0 radical (unpaired) electrons. The van der Waals surface area contributed by atoms with E-state index in [4.69, 9.17) is 4.74 Å². The zero-order valence-corrected chi connectivity index (χ0v) is 18.4. The predicted molar refractivity (Wildman–Crippen MR) is 114 cm³/mol. The van der Waals surface area contributed by atoms with E-state index >= 15 is 4.39 Å². The van der Waals surface area contributed by atoms with Crippen LogP contribution < -0.4 is 4.74 Å². The van der Waals surface area contributed by atoms with Crippen LogP contribution >= 0.6 is 0 Å². The molecule has 1 N–H and O–H groups in total. The van der Waals surface area contributed by atoms with Crippen LogP contribution in [0.2, 0.25) is 0 Å². The van der Waals surface area contributed by atoms with Crippen LogP contribution in [0.15, 0.2) is 12.4 Å². The van der Waals surface area contributed by atoms with Gasteiger partial charge in [0, 0.05) is 34.8 Å². The standard InChI is InChI=1S/C24H32FN3O2/c1-5-15-8-23(2)9-16(10-23)28(15)19(29)11-24(3,25)17-12-26-22-21(17)20(14-6-7-14)18(30-4)13-27-22/h12-16H,5-11H2,1-4H3,(H,26,27). The van der Waals surface area contributed by atoms with Gasteiger partial charge in [-0.05, 0) is 56.8 Å². The fraction of sp³-hybridized carbons (Fsp3) is 0.667.